The van der Waals surface area contributed by atoms with Gasteiger partial charge in [-0.15, -0.1) is 24.0 Å². The third kappa shape index (κ3) is 6.93. The molecule has 2 N–H and O–H groups in total. The Morgan fingerprint density at radius 3 is 2.34 bits per heavy atom. The van der Waals surface area contributed by atoms with Crippen molar-refractivity contribution in [3.63, 3.8) is 0 Å². The van der Waals surface area contributed by atoms with Gasteiger partial charge in [0.25, 0.3) is 0 Å². The zero-order valence-electron chi connectivity index (χ0n) is 19.4. The average Bonchev–Trinajstić information content (AvgIpc) is 2.83. The highest BCUT2D eigenvalue weighted by atomic mass is 127. The maximum atomic E-state index is 12.8. The van der Waals surface area contributed by atoms with E-state index in [1.807, 2.05) is 17.0 Å². The zero-order valence-corrected chi connectivity index (χ0v) is 21.7. The van der Waals surface area contributed by atoms with Crippen LogP contribution in [-0.2, 0) is 17.8 Å². The van der Waals surface area contributed by atoms with Gasteiger partial charge in [0.15, 0.2) is 5.96 Å². The molecule has 0 radical (unpaired) electrons. The second-order valence-corrected chi connectivity index (χ2v) is 7.79. The van der Waals surface area contributed by atoms with Crippen molar-refractivity contribution in [3.8, 4) is 0 Å². The van der Waals surface area contributed by atoms with E-state index < -0.39 is 0 Å². The van der Waals surface area contributed by atoms with Crippen molar-refractivity contribution in [1.82, 2.24) is 20.4 Å². The molecule has 1 atom stereocenters. The Balaban J connectivity index is 0.00000363. The van der Waals surface area contributed by atoms with Gasteiger partial charge in [0.2, 0.25) is 5.91 Å². The summed E-state index contributed by atoms with van der Waals surface area (Å²) in [5.74, 6) is 0.750. The monoisotopic (exact) mass is 549 g/mol. The smallest absolute Gasteiger partial charge is 0.242 e. The Morgan fingerprint density at radius 2 is 1.69 bits per heavy atom. The Labute approximate surface area is 209 Å². The van der Waals surface area contributed by atoms with Crippen LogP contribution >= 0.6 is 24.0 Å². The number of hydrogen-bond donors (Lipinski definition) is 2. The fourth-order valence-corrected chi connectivity index (χ4v) is 4.19. The van der Waals surface area contributed by atoms with E-state index >= 15 is 0 Å². The molecular weight excluding hydrogens is 513 g/mol. The number of halogens is 1. The van der Waals surface area contributed by atoms with Gasteiger partial charge in [-0.25, -0.2) is 0 Å². The predicted octanol–water partition coefficient (Wildman–Crippen LogP) is 3.44. The fourth-order valence-electron chi connectivity index (χ4n) is 4.19. The summed E-state index contributed by atoms with van der Waals surface area (Å²) in [5.41, 5.74) is 3.87. The highest BCUT2D eigenvalue weighted by Gasteiger charge is 2.21. The zero-order chi connectivity index (χ0) is 22.1. The summed E-state index contributed by atoms with van der Waals surface area (Å²) in [4.78, 5) is 21.4. The molecule has 1 heterocycles. The molecule has 1 aliphatic heterocycles. The first-order valence-corrected chi connectivity index (χ1v) is 11.2. The molecule has 1 aliphatic rings. The van der Waals surface area contributed by atoms with Crippen molar-refractivity contribution in [3.05, 3.63) is 71.3 Å². The molecule has 3 rings (SSSR count). The van der Waals surface area contributed by atoms with Crippen molar-refractivity contribution in [2.45, 2.75) is 32.9 Å². The van der Waals surface area contributed by atoms with E-state index in [1.165, 1.54) is 16.7 Å². The van der Waals surface area contributed by atoms with Gasteiger partial charge < -0.3 is 15.5 Å². The number of guanidine groups is 1. The minimum Gasteiger partial charge on any atom is -0.354 e. The van der Waals surface area contributed by atoms with Crippen LogP contribution in [0, 0.1) is 0 Å². The van der Waals surface area contributed by atoms with Gasteiger partial charge in [-0.1, -0.05) is 68.4 Å². The van der Waals surface area contributed by atoms with E-state index in [0.717, 1.165) is 32.6 Å². The number of rotatable bonds is 8. The van der Waals surface area contributed by atoms with Gasteiger partial charge in [-0.3, -0.25) is 14.7 Å². The van der Waals surface area contributed by atoms with Gasteiger partial charge in [0.05, 0.1) is 12.6 Å². The van der Waals surface area contributed by atoms with Gasteiger partial charge in [-0.2, -0.15) is 0 Å². The molecule has 0 saturated carbocycles. The first-order chi connectivity index (χ1) is 15.2. The van der Waals surface area contributed by atoms with Crippen LogP contribution in [0.2, 0.25) is 0 Å². The molecule has 174 valence electrons. The summed E-state index contributed by atoms with van der Waals surface area (Å²) in [6, 6.07) is 19.1. The van der Waals surface area contributed by atoms with Crippen LogP contribution in [0.4, 0.5) is 0 Å². The van der Waals surface area contributed by atoms with Crippen LogP contribution in [0.3, 0.4) is 0 Å². The summed E-state index contributed by atoms with van der Waals surface area (Å²) in [6.45, 7) is 8.71. The number of fused-ring (bicyclic) bond motifs is 1. The van der Waals surface area contributed by atoms with Crippen molar-refractivity contribution in [1.29, 1.82) is 0 Å². The summed E-state index contributed by atoms with van der Waals surface area (Å²) < 4.78 is 0. The lowest BCUT2D eigenvalue weighted by Crippen LogP contribution is -2.47. The van der Waals surface area contributed by atoms with Crippen LogP contribution in [0.25, 0.3) is 0 Å². The molecular formula is C25H36IN5O. The minimum atomic E-state index is 0. The van der Waals surface area contributed by atoms with Crippen molar-refractivity contribution >= 4 is 35.8 Å². The molecule has 6 nitrogen and oxygen atoms in total. The van der Waals surface area contributed by atoms with Crippen LogP contribution in [0.15, 0.2) is 59.6 Å². The molecule has 0 saturated heterocycles. The molecule has 0 spiro atoms. The maximum Gasteiger partial charge on any atom is 0.242 e. The average molecular weight is 550 g/mol. The highest BCUT2D eigenvalue weighted by Crippen LogP contribution is 2.20. The fraction of sp³-hybridized carbons (Fsp3) is 0.440. The molecule has 0 aromatic heterocycles. The normalized spacial score (nSPS) is 14.4. The third-order valence-electron chi connectivity index (χ3n) is 6.01. The first-order valence-electron chi connectivity index (χ1n) is 11.2. The minimum absolute atomic E-state index is 0. The summed E-state index contributed by atoms with van der Waals surface area (Å²) in [7, 11) is 1.74. The molecule has 0 aliphatic carbocycles. The van der Waals surface area contributed by atoms with Gasteiger partial charge in [0, 0.05) is 26.7 Å². The molecule has 32 heavy (non-hydrogen) atoms. The van der Waals surface area contributed by atoms with E-state index in [2.05, 4.69) is 76.8 Å². The van der Waals surface area contributed by atoms with Crippen molar-refractivity contribution < 1.29 is 4.79 Å². The number of benzene rings is 2. The number of carbonyl (C=O) groups excluding carboxylic acids is 1. The van der Waals surface area contributed by atoms with Crippen LogP contribution in [-0.4, -0.2) is 61.4 Å². The molecule has 0 fully saturated rings. The van der Waals surface area contributed by atoms with Gasteiger partial charge in [-0.05, 0) is 36.2 Å². The maximum absolute atomic E-state index is 12.8. The predicted molar refractivity (Wildman–Crippen MR) is 142 cm³/mol. The number of carbonyl (C=O) groups is 1. The van der Waals surface area contributed by atoms with Gasteiger partial charge in [0.1, 0.15) is 0 Å². The van der Waals surface area contributed by atoms with E-state index in [-0.39, 0.29) is 42.5 Å². The van der Waals surface area contributed by atoms with Crippen molar-refractivity contribution in [2.75, 3.05) is 39.8 Å². The SMILES string of the molecule is CCN(CC)C(CNC(=NC)NCC(=O)N1CCc2ccccc2C1)c1ccccc1.I. The topological polar surface area (TPSA) is 60.0 Å². The molecule has 2 aromatic carbocycles. The van der Waals surface area contributed by atoms with E-state index in [1.54, 1.807) is 7.05 Å². The van der Waals surface area contributed by atoms with Crippen LogP contribution in [0.5, 0.6) is 0 Å². The standard InChI is InChI=1S/C25H35N5O.HI/c1-4-29(5-2)23(21-12-7-6-8-13-21)17-27-25(26-3)28-18-24(31)30-16-15-20-11-9-10-14-22(20)19-30;/h6-14,23H,4-5,15-19H2,1-3H3,(H2,26,27,28);1H. The molecule has 1 amide bonds. The summed E-state index contributed by atoms with van der Waals surface area (Å²) >= 11 is 0. The number of likely N-dealkylation sites (N-methyl/N-ethyl adjacent to an activating group) is 1. The van der Waals surface area contributed by atoms with Crippen LogP contribution in [0.1, 0.15) is 36.6 Å². The van der Waals surface area contributed by atoms with E-state index in [0.29, 0.717) is 12.5 Å². The number of hydrogen-bond acceptors (Lipinski definition) is 3. The first kappa shape index (κ1) is 26.1. The Bertz CT molecular complexity index is 870. The Morgan fingerprint density at radius 1 is 1.03 bits per heavy atom. The quantitative estimate of drug-likeness (QED) is 0.301. The second kappa shape index (κ2) is 13.4. The summed E-state index contributed by atoms with van der Waals surface area (Å²) in [6.07, 6.45) is 0.914. The highest BCUT2D eigenvalue weighted by molar-refractivity contribution is 14.0. The Kier molecular flexibility index (Phi) is 11.0. The molecule has 7 heteroatoms. The second-order valence-electron chi connectivity index (χ2n) is 7.79. The lowest BCUT2D eigenvalue weighted by atomic mass is 10.00. The number of nitrogens with zero attached hydrogens (tertiary/aromatic N) is 3. The third-order valence-corrected chi connectivity index (χ3v) is 6.01. The lowest BCUT2D eigenvalue weighted by molar-refractivity contribution is -0.130. The lowest BCUT2D eigenvalue weighted by Gasteiger charge is -2.31. The van der Waals surface area contributed by atoms with E-state index in [4.69, 9.17) is 0 Å². The molecule has 1 unspecified atom stereocenters. The molecule has 2 aromatic rings. The van der Waals surface area contributed by atoms with Crippen molar-refractivity contribution in [2.24, 2.45) is 4.99 Å². The largest absolute Gasteiger partial charge is 0.354 e. The number of aliphatic imine (C=N–C) groups is 1. The van der Waals surface area contributed by atoms with Crippen LogP contribution < -0.4 is 10.6 Å². The number of amides is 1. The summed E-state index contributed by atoms with van der Waals surface area (Å²) in [5, 5.41) is 6.62. The Hall–Kier alpha value is -2.13. The molecule has 0 bridgehead atoms. The van der Waals surface area contributed by atoms with E-state index in [9.17, 15) is 4.79 Å². The number of nitrogens with one attached hydrogen (secondary N) is 2. The van der Waals surface area contributed by atoms with Gasteiger partial charge >= 0.3 is 0 Å².